The summed E-state index contributed by atoms with van der Waals surface area (Å²) in [4.78, 5) is 2.37. The summed E-state index contributed by atoms with van der Waals surface area (Å²) in [7, 11) is 2.20. The van der Waals surface area contributed by atoms with E-state index in [2.05, 4.69) is 117 Å². The molecule has 1 aliphatic heterocycles. The van der Waals surface area contributed by atoms with Crippen LogP contribution in [0.2, 0.25) is 5.02 Å². The second kappa shape index (κ2) is 11.7. The maximum Gasteiger partial charge on any atom is 0.119 e. The number of likely N-dealkylation sites (N-methyl/N-ethyl adjacent to an activating group) is 1. The van der Waals surface area contributed by atoms with E-state index in [1.807, 2.05) is 13.0 Å². The van der Waals surface area contributed by atoms with Gasteiger partial charge in [0.25, 0.3) is 0 Å². The van der Waals surface area contributed by atoms with E-state index in [4.69, 9.17) is 22.9 Å². The van der Waals surface area contributed by atoms with Gasteiger partial charge in [0.2, 0.25) is 0 Å². The van der Waals surface area contributed by atoms with Crippen LogP contribution in [-0.2, 0) is 17.3 Å². The molecule has 220 valence electrons. The molecule has 4 aromatic carbocycles. The molecule has 6 rings (SSSR count). The molecule has 1 atom stereocenters. The van der Waals surface area contributed by atoms with E-state index in [-0.39, 0.29) is 10.8 Å². The molecule has 3 heteroatoms. The number of benzene rings is 4. The number of ether oxygens (including phenoxy) is 1. The van der Waals surface area contributed by atoms with Gasteiger partial charge in [-0.15, -0.1) is 0 Å². The van der Waals surface area contributed by atoms with Crippen molar-refractivity contribution in [1.82, 2.24) is 0 Å². The van der Waals surface area contributed by atoms with Gasteiger partial charge in [-0.25, -0.2) is 0 Å². The maximum atomic E-state index is 6.50. The molecule has 1 aliphatic carbocycles. The van der Waals surface area contributed by atoms with Crippen molar-refractivity contribution < 1.29 is 4.74 Å². The molecule has 1 spiro atoms. The number of hydrogen-bond donors (Lipinski definition) is 0. The van der Waals surface area contributed by atoms with Crippen molar-refractivity contribution in [1.29, 1.82) is 0 Å². The first-order valence-corrected chi connectivity index (χ1v) is 16.0. The number of halogens is 1. The van der Waals surface area contributed by atoms with Crippen LogP contribution in [0.4, 0.5) is 5.69 Å². The van der Waals surface area contributed by atoms with Crippen molar-refractivity contribution in [2.24, 2.45) is 0 Å². The predicted octanol–water partition coefficient (Wildman–Crippen LogP) is 10.7. The summed E-state index contributed by atoms with van der Waals surface area (Å²) in [6, 6.07) is 28.2. The molecule has 0 saturated heterocycles. The van der Waals surface area contributed by atoms with Crippen molar-refractivity contribution in [3.8, 4) is 5.75 Å². The minimum absolute atomic E-state index is 0.0429. The fraction of sp³-hybridized carbons (Fsp3) is 0.300. The number of nitrogens with zero attached hydrogens (tertiary/aromatic N) is 1. The minimum Gasteiger partial charge on any atom is -0.494 e. The summed E-state index contributed by atoms with van der Waals surface area (Å²) in [6.07, 6.45) is 12.5. The van der Waals surface area contributed by atoms with Crippen LogP contribution in [0.5, 0.6) is 5.75 Å². The van der Waals surface area contributed by atoms with Crippen molar-refractivity contribution in [2.45, 2.75) is 63.7 Å². The Morgan fingerprint density at radius 3 is 2.40 bits per heavy atom. The summed E-state index contributed by atoms with van der Waals surface area (Å²) >= 11 is 6.50. The summed E-state index contributed by atoms with van der Waals surface area (Å²) in [5, 5.41) is 3.34. The summed E-state index contributed by atoms with van der Waals surface area (Å²) in [6.45, 7) is 12.0. The lowest BCUT2D eigenvalue weighted by Gasteiger charge is -2.34. The van der Waals surface area contributed by atoms with Gasteiger partial charge in [0, 0.05) is 34.3 Å². The van der Waals surface area contributed by atoms with Crippen LogP contribution in [0.1, 0.15) is 61.8 Å². The molecule has 0 N–H and O–H groups in total. The number of rotatable bonds is 8. The number of fused-ring (bicyclic) bond motifs is 3. The van der Waals surface area contributed by atoms with Crippen LogP contribution in [0.3, 0.4) is 0 Å². The monoisotopic (exact) mass is 587 g/mol. The Bertz CT molecular complexity index is 1720. The van der Waals surface area contributed by atoms with Gasteiger partial charge in [-0.3, -0.25) is 0 Å². The summed E-state index contributed by atoms with van der Waals surface area (Å²) in [5.41, 5.74) is 8.71. The highest BCUT2D eigenvalue weighted by molar-refractivity contribution is 6.30. The first kappa shape index (κ1) is 29.3. The molecular formula is C40H42ClNO. The van der Waals surface area contributed by atoms with E-state index in [1.165, 1.54) is 57.3 Å². The lowest BCUT2D eigenvalue weighted by Crippen LogP contribution is -2.28. The lowest BCUT2D eigenvalue weighted by atomic mass is 9.70. The Labute approximate surface area is 262 Å². The third kappa shape index (κ3) is 5.31. The van der Waals surface area contributed by atoms with Gasteiger partial charge in [-0.2, -0.15) is 0 Å². The van der Waals surface area contributed by atoms with Gasteiger partial charge in [0.15, 0.2) is 0 Å². The van der Waals surface area contributed by atoms with Crippen molar-refractivity contribution >= 4 is 28.1 Å². The van der Waals surface area contributed by atoms with Crippen LogP contribution in [-0.4, -0.2) is 13.7 Å². The molecule has 0 bridgehead atoms. The first-order chi connectivity index (χ1) is 20.7. The topological polar surface area (TPSA) is 12.5 Å². The molecule has 2 nitrogen and oxygen atoms in total. The van der Waals surface area contributed by atoms with Crippen LogP contribution in [0, 0.1) is 6.92 Å². The lowest BCUT2D eigenvalue weighted by molar-refractivity contribution is 0.340. The van der Waals surface area contributed by atoms with Crippen molar-refractivity contribution in [3.05, 3.63) is 142 Å². The van der Waals surface area contributed by atoms with Gasteiger partial charge in [-0.05, 0) is 114 Å². The number of aryl methyl sites for hydroxylation is 1. The predicted molar refractivity (Wildman–Crippen MR) is 184 cm³/mol. The molecule has 2 aliphatic rings. The highest BCUT2D eigenvalue weighted by atomic mass is 35.5. The molecular weight excluding hydrogens is 546 g/mol. The second-order valence-corrected chi connectivity index (χ2v) is 13.0. The van der Waals surface area contributed by atoms with E-state index >= 15 is 0 Å². The van der Waals surface area contributed by atoms with Crippen molar-refractivity contribution in [3.63, 3.8) is 0 Å². The largest absolute Gasteiger partial charge is 0.494 e. The molecule has 1 fully saturated rings. The van der Waals surface area contributed by atoms with Gasteiger partial charge >= 0.3 is 0 Å². The zero-order valence-corrected chi connectivity index (χ0v) is 26.7. The van der Waals surface area contributed by atoms with E-state index in [0.29, 0.717) is 6.61 Å². The fourth-order valence-electron chi connectivity index (χ4n) is 7.60. The SMILES string of the molecule is C=C(/C=C/C=C1/N(C)c2ccc(Cl)cc2C12CCCC2)C(C)(Cc1ccc(OCC)cc1)c1cc2ccccc2cc1C. The van der Waals surface area contributed by atoms with Gasteiger partial charge in [0.05, 0.1) is 6.61 Å². The Morgan fingerprint density at radius 1 is 1.00 bits per heavy atom. The molecule has 0 aromatic heterocycles. The second-order valence-electron chi connectivity index (χ2n) is 12.5. The van der Waals surface area contributed by atoms with Crippen LogP contribution in [0.15, 0.2) is 115 Å². The first-order valence-electron chi connectivity index (χ1n) is 15.6. The number of hydrogen-bond acceptors (Lipinski definition) is 2. The number of allylic oxidation sites excluding steroid dienone is 5. The molecule has 0 radical (unpaired) electrons. The molecule has 4 aromatic rings. The minimum atomic E-state index is -0.306. The standard InChI is InChI=1S/C40H42ClNO/c1-6-43-34-19-16-30(17-20-34)27-39(4,35-25-32-14-8-7-13-31(32)24-28(35)2)29(3)12-11-15-38-40(22-9-10-23-40)36-26-33(41)18-21-37(36)42(38)5/h7-8,11-21,24-26H,3,6,9-10,22-23,27H2,1-2,4-5H3/b12-11+,38-15+. The van der Waals surface area contributed by atoms with E-state index in [0.717, 1.165) is 35.6 Å². The molecule has 1 heterocycles. The van der Waals surface area contributed by atoms with Crippen molar-refractivity contribution in [2.75, 3.05) is 18.6 Å². The fourth-order valence-corrected chi connectivity index (χ4v) is 7.77. The Kier molecular flexibility index (Phi) is 8.00. The van der Waals surface area contributed by atoms with Crippen LogP contribution >= 0.6 is 11.6 Å². The van der Waals surface area contributed by atoms with E-state index in [1.54, 1.807) is 0 Å². The number of anilines is 1. The van der Waals surface area contributed by atoms with Crippen LogP contribution in [0.25, 0.3) is 10.8 Å². The maximum absolute atomic E-state index is 6.50. The van der Waals surface area contributed by atoms with Gasteiger partial charge in [0.1, 0.15) is 5.75 Å². The summed E-state index contributed by atoms with van der Waals surface area (Å²) < 4.78 is 5.72. The Hall–Kier alpha value is -3.75. The third-order valence-electron chi connectivity index (χ3n) is 9.88. The molecule has 1 unspecified atom stereocenters. The van der Waals surface area contributed by atoms with E-state index < -0.39 is 0 Å². The molecule has 0 amide bonds. The van der Waals surface area contributed by atoms with E-state index in [9.17, 15) is 0 Å². The highest BCUT2D eigenvalue weighted by Crippen LogP contribution is 2.56. The van der Waals surface area contributed by atoms with Gasteiger partial charge in [-0.1, -0.05) is 92.6 Å². The van der Waals surface area contributed by atoms with Gasteiger partial charge < -0.3 is 9.64 Å². The molecule has 43 heavy (non-hydrogen) atoms. The Balaban J connectivity index is 1.38. The highest BCUT2D eigenvalue weighted by Gasteiger charge is 2.47. The molecule has 1 saturated carbocycles. The van der Waals surface area contributed by atoms with Crippen LogP contribution < -0.4 is 9.64 Å². The zero-order chi connectivity index (χ0) is 30.2. The zero-order valence-electron chi connectivity index (χ0n) is 25.9. The average molecular weight is 588 g/mol. The average Bonchev–Trinajstić information content (AvgIpc) is 3.57. The third-order valence-corrected chi connectivity index (χ3v) is 10.1. The summed E-state index contributed by atoms with van der Waals surface area (Å²) in [5.74, 6) is 0.906. The Morgan fingerprint density at radius 2 is 1.70 bits per heavy atom. The smallest absolute Gasteiger partial charge is 0.119 e. The normalized spacial score (nSPS) is 18.1. The quantitative estimate of drug-likeness (QED) is 0.190.